The zero-order valence-electron chi connectivity index (χ0n) is 18.4. The molecule has 0 unspecified atom stereocenters. The van der Waals surface area contributed by atoms with Crippen LogP contribution in [-0.4, -0.2) is 22.7 Å². The molecule has 4 rings (SSSR count). The minimum absolute atomic E-state index is 0.0310. The van der Waals surface area contributed by atoms with Crippen LogP contribution in [-0.2, 0) is 11.0 Å². The number of hydrogen-bond acceptors (Lipinski definition) is 4. The summed E-state index contributed by atoms with van der Waals surface area (Å²) in [5, 5.41) is 14.4. The summed E-state index contributed by atoms with van der Waals surface area (Å²) in [6.07, 6.45) is -3.13. The highest BCUT2D eigenvalue weighted by atomic mass is 19.4. The van der Waals surface area contributed by atoms with E-state index in [0.717, 1.165) is 11.1 Å². The predicted molar refractivity (Wildman–Crippen MR) is 121 cm³/mol. The number of rotatable bonds is 4. The summed E-state index contributed by atoms with van der Waals surface area (Å²) >= 11 is 0. The highest BCUT2D eigenvalue weighted by molar-refractivity contribution is 6.32. The second-order valence-corrected chi connectivity index (χ2v) is 7.89. The van der Waals surface area contributed by atoms with Crippen LogP contribution in [0, 0.1) is 13.8 Å². The molecule has 0 saturated carbocycles. The smallest absolute Gasteiger partial charge is 0.417 e. The highest BCUT2D eigenvalue weighted by Crippen LogP contribution is 2.39. The van der Waals surface area contributed by atoms with Gasteiger partial charge < -0.3 is 9.52 Å². The van der Waals surface area contributed by atoms with Crippen molar-refractivity contribution in [2.45, 2.75) is 26.9 Å². The number of alkyl halides is 3. The highest BCUT2D eigenvalue weighted by Gasteiger charge is 2.35. The van der Waals surface area contributed by atoms with Crippen molar-refractivity contribution in [2.24, 2.45) is 5.10 Å². The van der Waals surface area contributed by atoms with Crippen molar-refractivity contribution in [1.82, 2.24) is 0 Å². The van der Waals surface area contributed by atoms with Crippen LogP contribution < -0.4 is 5.01 Å². The van der Waals surface area contributed by atoms with Gasteiger partial charge in [0.05, 0.1) is 28.1 Å². The first-order valence-corrected chi connectivity index (χ1v) is 10.2. The zero-order chi connectivity index (χ0) is 24.8. The molecular formula is C25H19F3N2O4. The maximum absolute atomic E-state index is 13.6. The van der Waals surface area contributed by atoms with Crippen molar-refractivity contribution in [3.8, 4) is 11.3 Å². The molecule has 1 aliphatic rings. The van der Waals surface area contributed by atoms with Gasteiger partial charge in [-0.2, -0.15) is 23.3 Å². The summed E-state index contributed by atoms with van der Waals surface area (Å²) in [4.78, 5) is 24.0. The molecule has 1 aromatic heterocycles. The number of carboxylic acids is 1. The van der Waals surface area contributed by atoms with E-state index in [1.165, 1.54) is 48.5 Å². The lowest BCUT2D eigenvalue weighted by Crippen LogP contribution is -2.21. The Hall–Kier alpha value is -4.14. The minimum atomic E-state index is -4.55. The molecule has 1 amide bonds. The number of amides is 1. The Morgan fingerprint density at radius 1 is 1.03 bits per heavy atom. The molecule has 0 atom stereocenters. The molecule has 3 aromatic rings. The van der Waals surface area contributed by atoms with Crippen LogP contribution in [0.1, 0.15) is 39.7 Å². The van der Waals surface area contributed by atoms with E-state index in [9.17, 15) is 22.8 Å². The number of carbonyl (C=O) groups excluding carboxylic acids is 1. The molecule has 0 aliphatic carbocycles. The van der Waals surface area contributed by atoms with Crippen LogP contribution in [0.5, 0.6) is 0 Å². The number of carbonyl (C=O) groups is 2. The van der Waals surface area contributed by atoms with E-state index in [1.807, 2.05) is 0 Å². The Kier molecular flexibility index (Phi) is 5.64. The minimum Gasteiger partial charge on any atom is -0.478 e. The lowest BCUT2D eigenvalue weighted by atomic mass is 9.98. The van der Waals surface area contributed by atoms with Gasteiger partial charge in [0.15, 0.2) is 0 Å². The van der Waals surface area contributed by atoms with E-state index < -0.39 is 23.6 Å². The van der Waals surface area contributed by atoms with Crippen molar-refractivity contribution < 1.29 is 32.3 Å². The predicted octanol–water partition coefficient (Wildman–Crippen LogP) is 6.09. The lowest BCUT2D eigenvalue weighted by Gasteiger charge is -2.14. The third-order valence-electron chi connectivity index (χ3n) is 5.54. The van der Waals surface area contributed by atoms with Gasteiger partial charge in [0.1, 0.15) is 11.5 Å². The van der Waals surface area contributed by atoms with E-state index in [-0.39, 0.29) is 28.2 Å². The number of halogens is 3. The van der Waals surface area contributed by atoms with Gasteiger partial charge in [0, 0.05) is 5.56 Å². The van der Waals surface area contributed by atoms with E-state index in [1.54, 1.807) is 20.8 Å². The van der Waals surface area contributed by atoms with Crippen LogP contribution in [0.3, 0.4) is 0 Å². The molecule has 6 nitrogen and oxygen atoms in total. The fourth-order valence-corrected chi connectivity index (χ4v) is 3.58. The molecule has 34 heavy (non-hydrogen) atoms. The van der Waals surface area contributed by atoms with Gasteiger partial charge in [-0.05, 0) is 86.5 Å². The summed E-state index contributed by atoms with van der Waals surface area (Å²) in [5.74, 6) is -1.34. The average molecular weight is 468 g/mol. The Balaban J connectivity index is 1.66. The van der Waals surface area contributed by atoms with E-state index in [2.05, 4.69) is 5.10 Å². The van der Waals surface area contributed by atoms with Crippen LogP contribution in [0.4, 0.5) is 18.9 Å². The zero-order valence-corrected chi connectivity index (χ0v) is 18.4. The summed E-state index contributed by atoms with van der Waals surface area (Å²) in [6.45, 7) is 4.95. The Labute approximate surface area is 192 Å². The molecule has 1 N–H and O–H groups in total. The fraction of sp³-hybridized carbons (Fsp3) is 0.160. The number of carboxylic acid groups (broad SMARTS) is 1. The Morgan fingerprint density at radius 2 is 1.68 bits per heavy atom. The second-order valence-electron chi connectivity index (χ2n) is 7.89. The third kappa shape index (κ3) is 4.24. The largest absolute Gasteiger partial charge is 0.478 e. The van der Waals surface area contributed by atoms with Gasteiger partial charge in [-0.3, -0.25) is 4.79 Å². The number of aryl methyl sites for hydroxylation is 2. The maximum atomic E-state index is 13.6. The summed E-state index contributed by atoms with van der Waals surface area (Å²) in [5.41, 5.74) is 1.37. The van der Waals surface area contributed by atoms with Crippen LogP contribution in [0.15, 0.2) is 63.6 Å². The first kappa shape index (κ1) is 23.0. The average Bonchev–Trinajstić information content (AvgIpc) is 3.35. The van der Waals surface area contributed by atoms with Crippen molar-refractivity contribution in [2.75, 3.05) is 5.01 Å². The molecule has 174 valence electrons. The maximum Gasteiger partial charge on any atom is 0.417 e. The van der Waals surface area contributed by atoms with E-state index in [0.29, 0.717) is 22.5 Å². The summed E-state index contributed by atoms with van der Waals surface area (Å²) in [7, 11) is 0. The molecule has 0 saturated heterocycles. The number of anilines is 1. The SMILES string of the molecule is CC1=NN(c2ccc(C(=O)O)cc2)C(=O)C1=Cc1ccc(-c2cc(C)c(C)cc2C(F)(F)F)o1. The van der Waals surface area contributed by atoms with E-state index >= 15 is 0 Å². The Bertz CT molecular complexity index is 1370. The quantitative estimate of drug-likeness (QED) is 0.470. The molecule has 1 aliphatic heterocycles. The monoisotopic (exact) mass is 468 g/mol. The van der Waals surface area contributed by atoms with Crippen LogP contribution >= 0.6 is 0 Å². The number of aromatic carboxylic acids is 1. The van der Waals surface area contributed by atoms with Crippen LogP contribution in [0.25, 0.3) is 17.4 Å². The van der Waals surface area contributed by atoms with Gasteiger partial charge in [-0.25, -0.2) is 4.79 Å². The summed E-state index contributed by atoms with van der Waals surface area (Å²) < 4.78 is 46.5. The van der Waals surface area contributed by atoms with Crippen LogP contribution in [0.2, 0.25) is 0 Å². The van der Waals surface area contributed by atoms with Gasteiger partial charge in [-0.15, -0.1) is 0 Å². The first-order chi connectivity index (χ1) is 16.0. The van der Waals surface area contributed by atoms with Crippen molar-refractivity contribution in [3.63, 3.8) is 0 Å². The molecule has 2 aromatic carbocycles. The number of hydrazone groups is 1. The molecule has 0 spiro atoms. The first-order valence-electron chi connectivity index (χ1n) is 10.2. The van der Waals surface area contributed by atoms with E-state index in [4.69, 9.17) is 9.52 Å². The molecule has 0 bridgehead atoms. The number of hydrogen-bond donors (Lipinski definition) is 1. The lowest BCUT2D eigenvalue weighted by molar-refractivity contribution is -0.137. The van der Waals surface area contributed by atoms with Gasteiger partial charge in [-0.1, -0.05) is 0 Å². The third-order valence-corrected chi connectivity index (χ3v) is 5.54. The Morgan fingerprint density at radius 3 is 2.29 bits per heavy atom. The summed E-state index contributed by atoms with van der Waals surface area (Å²) in [6, 6.07) is 11.1. The molecule has 0 radical (unpaired) electrons. The fourth-order valence-electron chi connectivity index (χ4n) is 3.58. The number of nitrogens with zero attached hydrogens (tertiary/aromatic N) is 2. The standard InChI is InChI=1S/C25H19F3N2O4/c1-13-10-20(21(11-14(13)2)25(26,27)28)22-9-8-18(34-22)12-19-15(3)29-30(23(19)31)17-6-4-16(5-7-17)24(32)33/h4-12H,1-3H3,(H,32,33). The molecular weight excluding hydrogens is 449 g/mol. The molecule has 0 fully saturated rings. The normalized spacial score (nSPS) is 15.2. The second kappa shape index (κ2) is 8.33. The molecule has 2 heterocycles. The van der Waals surface area contributed by atoms with Crippen molar-refractivity contribution >= 4 is 29.4 Å². The van der Waals surface area contributed by atoms with Gasteiger partial charge in [0.25, 0.3) is 5.91 Å². The van der Waals surface area contributed by atoms with Crippen molar-refractivity contribution in [3.05, 3.63) is 82.1 Å². The van der Waals surface area contributed by atoms with Crippen molar-refractivity contribution in [1.29, 1.82) is 0 Å². The molecule has 9 heteroatoms. The topological polar surface area (TPSA) is 83.1 Å². The van der Waals surface area contributed by atoms with Gasteiger partial charge >= 0.3 is 12.1 Å². The number of furan rings is 1. The van der Waals surface area contributed by atoms with Gasteiger partial charge in [0.2, 0.25) is 0 Å². The number of benzene rings is 2.